The van der Waals surface area contributed by atoms with E-state index in [1.165, 1.54) is 25.0 Å². The second kappa shape index (κ2) is 7.27. The van der Waals surface area contributed by atoms with Crippen LogP contribution in [0, 0.1) is 11.3 Å². The zero-order valence-electron chi connectivity index (χ0n) is 16.1. The number of nitrogens with one attached hydrogen (secondary N) is 1. The molecule has 0 unspecified atom stereocenters. The SMILES string of the molecule is CC1(C)Cc2c(-c3cc(NC(=O)CC4CCCCC4)ncc3Cl)cnn2C1. The van der Waals surface area contributed by atoms with Crippen molar-refractivity contribution in [2.45, 2.75) is 65.3 Å². The number of pyridine rings is 1. The minimum Gasteiger partial charge on any atom is -0.311 e. The van der Waals surface area contributed by atoms with Crippen molar-refractivity contribution in [1.82, 2.24) is 14.8 Å². The van der Waals surface area contributed by atoms with Crippen LogP contribution in [0.4, 0.5) is 5.82 Å². The Bertz CT molecular complexity index is 852. The van der Waals surface area contributed by atoms with E-state index in [0.717, 1.165) is 36.9 Å². The fraction of sp³-hybridized carbons (Fsp3) is 0.571. The Kier molecular flexibility index (Phi) is 4.97. The standard InChI is InChI=1S/C21H27ClN4O/c1-21(2)10-18-16(11-24-26(18)13-21)15-9-19(23-12-17(15)22)25-20(27)8-14-6-4-3-5-7-14/h9,11-12,14H,3-8,10,13H2,1-2H3,(H,23,25,27). The Morgan fingerprint density at radius 1 is 1.26 bits per heavy atom. The van der Waals surface area contributed by atoms with E-state index in [2.05, 4.69) is 33.9 Å². The monoisotopic (exact) mass is 386 g/mol. The summed E-state index contributed by atoms with van der Waals surface area (Å²) in [5.41, 5.74) is 3.33. The number of aromatic nitrogens is 3. The second-order valence-electron chi connectivity index (χ2n) is 8.81. The summed E-state index contributed by atoms with van der Waals surface area (Å²) < 4.78 is 2.06. The van der Waals surface area contributed by atoms with E-state index in [4.69, 9.17) is 11.6 Å². The number of carbonyl (C=O) groups excluding carboxylic acids is 1. The highest BCUT2D eigenvalue weighted by Crippen LogP contribution is 2.39. The number of carbonyl (C=O) groups is 1. The van der Waals surface area contributed by atoms with Crippen LogP contribution in [0.25, 0.3) is 11.1 Å². The Morgan fingerprint density at radius 3 is 2.81 bits per heavy atom. The van der Waals surface area contributed by atoms with E-state index < -0.39 is 0 Å². The number of amides is 1. The molecular weight excluding hydrogens is 360 g/mol. The molecule has 4 rings (SSSR count). The largest absolute Gasteiger partial charge is 0.311 e. The summed E-state index contributed by atoms with van der Waals surface area (Å²) in [5, 5.41) is 8.08. The lowest BCUT2D eigenvalue weighted by Gasteiger charge is -2.20. The summed E-state index contributed by atoms with van der Waals surface area (Å²) >= 11 is 6.44. The van der Waals surface area contributed by atoms with Crippen LogP contribution in [0.3, 0.4) is 0 Å². The molecule has 0 saturated heterocycles. The van der Waals surface area contributed by atoms with Crippen LogP contribution in [0.15, 0.2) is 18.5 Å². The van der Waals surface area contributed by atoms with E-state index in [1.54, 1.807) is 6.20 Å². The number of hydrogen-bond donors (Lipinski definition) is 1. The Morgan fingerprint density at radius 2 is 2.04 bits per heavy atom. The van der Waals surface area contributed by atoms with Crippen LogP contribution in [0.1, 0.15) is 58.1 Å². The molecule has 3 heterocycles. The molecule has 1 saturated carbocycles. The Balaban J connectivity index is 1.52. The molecule has 0 aromatic carbocycles. The lowest BCUT2D eigenvalue weighted by Crippen LogP contribution is -2.18. The highest BCUT2D eigenvalue weighted by molar-refractivity contribution is 6.33. The number of halogens is 1. The van der Waals surface area contributed by atoms with Crippen molar-refractivity contribution in [1.29, 1.82) is 0 Å². The quantitative estimate of drug-likeness (QED) is 0.796. The van der Waals surface area contributed by atoms with Gasteiger partial charge >= 0.3 is 0 Å². The maximum absolute atomic E-state index is 12.4. The average Bonchev–Trinajstić information content (AvgIpc) is 3.12. The van der Waals surface area contributed by atoms with Crippen molar-refractivity contribution in [3.8, 4) is 11.1 Å². The fourth-order valence-corrected chi connectivity index (χ4v) is 4.64. The van der Waals surface area contributed by atoms with Gasteiger partial charge in [0, 0.05) is 36.0 Å². The van der Waals surface area contributed by atoms with Crippen molar-refractivity contribution in [2.24, 2.45) is 11.3 Å². The first-order valence-corrected chi connectivity index (χ1v) is 10.3. The van der Waals surface area contributed by atoms with E-state index >= 15 is 0 Å². The maximum Gasteiger partial charge on any atom is 0.225 e. The zero-order chi connectivity index (χ0) is 19.0. The van der Waals surface area contributed by atoms with Crippen LogP contribution in [-0.2, 0) is 17.8 Å². The van der Waals surface area contributed by atoms with E-state index in [0.29, 0.717) is 23.2 Å². The Labute approximate surface area is 165 Å². The third-order valence-corrected chi connectivity index (χ3v) is 6.09. The molecule has 2 aromatic rings. The van der Waals surface area contributed by atoms with Gasteiger partial charge in [0.2, 0.25) is 5.91 Å². The summed E-state index contributed by atoms with van der Waals surface area (Å²) in [6.45, 7) is 5.41. The highest BCUT2D eigenvalue weighted by Gasteiger charge is 2.32. The average molecular weight is 387 g/mol. The topological polar surface area (TPSA) is 59.8 Å². The first-order valence-electron chi connectivity index (χ1n) is 9.92. The molecule has 1 N–H and O–H groups in total. The third kappa shape index (κ3) is 4.03. The predicted molar refractivity (Wildman–Crippen MR) is 108 cm³/mol. The second-order valence-corrected chi connectivity index (χ2v) is 9.22. The van der Waals surface area contributed by atoms with Crippen molar-refractivity contribution >= 4 is 23.3 Å². The number of nitrogens with zero attached hydrogens (tertiary/aromatic N) is 3. The molecule has 6 heteroatoms. The van der Waals surface area contributed by atoms with Crippen LogP contribution >= 0.6 is 11.6 Å². The van der Waals surface area contributed by atoms with Gasteiger partial charge in [-0.25, -0.2) is 4.98 Å². The summed E-state index contributed by atoms with van der Waals surface area (Å²) in [6.07, 6.45) is 11.1. The molecule has 0 bridgehead atoms. The first-order chi connectivity index (χ1) is 12.9. The van der Waals surface area contributed by atoms with Crippen LogP contribution in [0.2, 0.25) is 5.02 Å². The van der Waals surface area contributed by atoms with E-state index in [-0.39, 0.29) is 11.3 Å². The molecule has 0 radical (unpaired) electrons. The molecule has 5 nitrogen and oxygen atoms in total. The minimum atomic E-state index is 0.0454. The van der Waals surface area contributed by atoms with Gasteiger partial charge in [-0.05, 0) is 36.7 Å². The molecule has 2 aliphatic rings. The normalized spacial score (nSPS) is 19.1. The van der Waals surface area contributed by atoms with Crippen LogP contribution in [0.5, 0.6) is 0 Å². The van der Waals surface area contributed by atoms with Crippen LogP contribution < -0.4 is 5.32 Å². The number of rotatable bonds is 4. The van der Waals surface area contributed by atoms with E-state index in [1.807, 2.05) is 12.3 Å². The minimum absolute atomic E-state index is 0.0454. The lowest BCUT2D eigenvalue weighted by molar-refractivity contribution is -0.117. The molecule has 0 spiro atoms. The number of hydrogen-bond acceptors (Lipinski definition) is 3. The van der Waals surface area contributed by atoms with Crippen molar-refractivity contribution < 1.29 is 4.79 Å². The van der Waals surface area contributed by atoms with Gasteiger partial charge in [-0.1, -0.05) is 44.7 Å². The van der Waals surface area contributed by atoms with Gasteiger partial charge in [-0.2, -0.15) is 5.10 Å². The smallest absolute Gasteiger partial charge is 0.225 e. The fourth-order valence-electron chi connectivity index (χ4n) is 4.43. The summed E-state index contributed by atoms with van der Waals surface area (Å²) in [6, 6.07) is 1.88. The molecule has 1 aliphatic heterocycles. The van der Waals surface area contributed by atoms with Crippen LogP contribution in [-0.4, -0.2) is 20.7 Å². The molecule has 2 aromatic heterocycles. The summed E-state index contributed by atoms with van der Waals surface area (Å²) in [7, 11) is 0. The zero-order valence-corrected chi connectivity index (χ0v) is 16.9. The number of anilines is 1. The van der Waals surface area contributed by atoms with Gasteiger partial charge in [0.25, 0.3) is 0 Å². The van der Waals surface area contributed by atoms with E-state index in [9.17, 15) is 4.79 Å². The summed E-state index contributed by atoms with van der Waals surface area (Å²) in [5.74, 6) is 1.11. The lowest BCUT2D eigenvalue weighted by atomic mass is 9.87. The highest BCUT2D eigenvalue weighted by atomic mass is 35.5. The Hall–Kier alpha value is -1.88. The summed E-state index contributed by atoms with van der Waals surface area (Å²) in [4.78, 5) is 16.7. The maximum atomic E-state index is 12.4. The molecule has 1 fully saturated rings. The molecule has 144 valence electrons. The molecule has 1 aliphatic carbocycles. The number of fused-ring (bicyclic) bond motifs is 1. The van der Waals surface area contributed by atoms with Crippen molar-refractivity contribution in [3.63, 3.8) is 0 Å². The molecular formula is C21H27ClN4O. The molecule has 27 heavy (non-hydrogen) atoms. The first kappa shape index (κ1) is 18.5. The van der Waals surface area contributed by atoms with Gasteiger partial charge in [-0.3, -0.25) is 9.48 Å². The predicted octanol–water partition coefficient (Wildman–Crippen LogP) is 5.09. The van der Waals surface area contributed by atoms with Gasteiger partial charge in [0.1, 0.15) is 5.82 Å². The van der Waals surface area contributed by atoms with Gasteiger partial charge in [0.05, 0.1) is 11.2 Å². The van der Waals surface area contributed by atoms with Crippen molar-refractivity contribution in [2.75, 3.05) is 5.32 Å². The van der Waals surface area contributed by atoms with Gasteiger partial charge < -0.3 is 5.32 Å². The third-order valence-electron chi connectivity index (χ3n) is 5.78. The molecule has 0 atom stereocenters. The van der Waals surface area contributed by atoms with Gasteiger partial charge in [0.15, 0.2) is 0 Å². The molecule has 1 amide bonds. The van der Waals surface area contributed by atoms with Gasteiger partial charge in [-0.15, -0.1) is 0 Å². The van der Waals surface area contributed by atoms with Crippen molar-refractivity contribution in [3.05, 3.63) is 29.2 Å².